The Labute approximate surface area is 92.6 Å². The summed E-state index contributed by atoms with van der Waals surface area (Å²) in [6.45, 7) is 3.46. The average molecular weight is 230 g/mol. The van der Waals surface area contributed by atoms with Crippen molar-refractivity contribution in [2.75, 3.05) is 6.61 Å². The lowest BCUT2D eigenvalue weighted by Crippen LogP contribution is -2.23. The van der Waals surface area contributed by atoms with Crippen molar-refractivity contribution >= 4 is 23.4 Å². The number of carbonyl (C=O) groups excluding carboxylic acids is 2. The largest absolute Gasteiger partial charge is 0.465 e. The molecule has 1 unspecified atom stereocenters. The molecule has 1 N–H and O–H groups in total. The molecule has 0 aromatic carbocycles. The number of rotatable bonds is 4. The van der Waals surface area contributed by atoms with E-state index in [0.29, 0.717) is 5.56 Å². The third-order valence-corrected chi connectivity index (χ3v) is 2.31. The number of carbonyl (C=O) groups is 2. The number of ether oxygens (including phenoxy) is 1. The van der Waals surface area contributed by atoms with Gasteiger partial charge in [0.25, 0.3) is 0 Å². The Bertz CT molecular complexity index is 372. The van der Waals surface area contributed by atoms with Gasteiger partial charge in [0.1, 0.15) is 11.1 Å². The summed E-state index contributed by atoms with van der Waals surface area (Å²) in [4.78, 5) is 25.7. The van der Waals surface area contributed by atoms with Gasteiger partial charge < -0.3 is 9.72 Å². The summed E-state index contributed by atoms with van der Waals surface area (Å²) in [5.41, 5.74) is 0.317. The fourth-order valence-electron chi connectivity index (χ4n) is 1.15. The van der Waals surface area contributed by atoms with Gasteiger partial charge in [0.2, 0.25) is 0 Å². The highest BCUT2D eigenvalue weighted by Crippen LogP contribution is 2.18. The molecule has 15 heavy (non-hydrogen) atoms. The molecule has 0 saturated heterocycles. The lowest BCUT2D eigenvalue weighted by atomic mass is 10.0. The number of H-pyrrole nitrogens is 1. The van der Waals surface area contributed by atoms with Crippen LogP contribution < -0.4 is 0 Å². The zero-order chi connectivity index (χ0) is 11.4. The van der Waals surface area contributed by atoms with Crippen LogP contribution in [0.4, 0.5) is 0 Å². The number of aromatic amines is 1. The van der Waals surface area contributed by atoms with Crippen molar-refractivity contribution in [1.82, 2.24) is 4.98 Å². The van der Waals surface area contributed by atoms with E-state index < -0.39 is 11.9 Å². The van der Waals surface area contributed by atoms with Crippen molar-refractivity contribution in [2.45, 2.75) is 13.8 Å². The van der Waals surface area contributed by atoms with Crippen LogP contribution in [-0.4, -0.2) is 23.3 Å². The Morgan fingerprint density at radius 2 is 2.27 bits per heavy atom. The highest BCUT2D eigenvalue weighted by molar-refractivity contribution is 6.33. The fourth-order valence-corrected chi connectivity index (χ4v) is 1.37. The summed E-state index contributed by atoms with van der Waals surface area (Å²) in [6.07, 6.45) is 1.55. The molecule has 0 aliphatic rings. The normalized spacial score (nSPS) is 12.2. The first-order valence-corrected chi connectivity index (χ1v) is 4.99. The van der Waals surface area contributed by atoms with Crippen molar-refractivity contribution in [2.24, 2.45) is 5.92 Å². The Balaban J connectivity index is 2.77. The summed E-state index contributed by atoms with van der Waals surface area (Å²) >= 11 is 5.73. The van der Waals surface area contributed by atoms with Crippen molar-refractivity contribution in [3.63, 3.8) is 0 Å². The second kappa shape index (κ2) is 4.98. The van der Waals surface area contributed by atoms with Gasteiger partial charge >= 0.3 is 5.97 Å². The van der Waals surface area contributed by atoms with Gasteiger partial charge in [-0.3, -0.25) is 9.59 Å². The monoisotopic (exact) mass is 229 g/mol. The van der Waals surface area contributed by atoms with E-state index in [1.807, 2.05) is 0 Å². The van der Waals surface area contributed by atoms with E-state index in [0.717, 1.165) is 0 Å². The van der Waals surface area contributed by atoms with Crippen molar-refractivity contribution in [1.29, 1.82) is 0 Å². The third-order valence-electron chi connectivity index (χ3n) is 2.00. The van der Waals surface area contributed by atoms with Crippen LogP contribution in [0, 0.1) is 5.92 Å². The fraction of sp³-hybridized carbons (Fsp3) is 0.400. The summed E-state index contributed by atoms with van der Waals surface area (Å²) in [5, 5.41) is 0.246. The topological polar surface area (TPSA) is 59.2 Å². The minimum Gasteiger partial charge on any atom is -0.465 e. The van der Waals surface area contributed by atoms with Crippen LogP contribution in [0.3, 0.4) is 0 Å². The highest BCUT2D eigenvalue weighted by Gasteiger charge is 2.25. The molecule has 1 heterocycles. The molecule has 0 fully saturated rings. The summed E-state index contributed by atoms with van der Waals surface area (Å²) < 4.78 is 4.75. The minimum absolute atomic E-state index is 0.246. The molecule has 0 amide bonds. The van der Waals surface area contributed by atoms with Crippen LogP contribution in [0.1, 0.15) is 24.2 Å². The van der Waals surface area contributed by atoms with E-state index in [4.69, 9.17) is 16.3 Å². The van der Waals surface area contributed by atoms with Gasteiger partial charge in [-0.1, -0.05) is 11.6 Å². The number of hydrogen-bond donors (Lipinski definition) is 1. The van der Waals surface area contributed by atoms with E-state index in [9.17, 15) is 9.59 Å². The maximum absolute atomic E-state index is 11.7. The molecule has 0 aliphatic carbocycles. The Kier molecular flexibility index (Phi) is 3.91. The van der Waals surface area contributed by atoms with Gasteiger partial charge in [-0.2, -0.15) is 0 Å². The first-order chi connectivity index (χ1) is 7.07. The Morgan fingerprint density at radius 3 is 2.73 bits per heavy atom. The smallest absolute Gasteiger partial charge is 0.316 e. The molecule has 0 spiro atoms. The standard InChI is InChI=1S/C10H12ClNO3/c1-3-15-10(14)6(2)8(13)7-4-5-12-9(7)11/h4-6,12H,3H2,1-2H3. The number of Topliss-reactive ketones (excluding diaryl/α,β-unsaturated/α-hetero) is 1. The SMILES string of the molecule is CCOC(=O)C(C)C(=O)c1cc[nH]c1Cl. The van der Waals surface area contributed by atoms with E-state index in [1.54, 1.807) is 19.2 Å². The van der Waals surface area contributed by atoms with E-state index in [1.165, 1.54) is 6.92 Å². The zero-order valence-corrected chi connectivity index (χ0v) is 9.30. The molecule has 0 radical (unpaired) electrons. The van der Waals surface area contributed by atoms with Gasteiger partial charge in [-0.15, -0.1) is 0 Å². The van der Waals surface area contributed by atoms with Gasteiger partial charge in [0.15, 0.2) is 5.78 Å². The quantitative estimate of drug-likeness (QED) is 0.488. The van der Waals surface area contributed by atoms with Crippen LogP contribution in [0.25, 0.3) is 0 Å². The molecule has 1 atom stereocenters. The number of esters is 1. The molecule has 0 saturated carbocycles. The number of ketones is 1. The average Bonchev–Trinajstić information content (AvgIpc) is 2.62. The van der Waals surface area contributed by atoms with Crippen molar-refractivity contribution in [3.8, 4) is 0 Å². The molecule has 82 valence electrons. The Morgan fingerprint density at radius 1 is 1.60 bits per heavy atom. The van der Waals surface area contributed by atoms with Crippen LogP contribution >= 0.6 is 11.6 Å². The van der Waals surface area contributed by atoms with Gasteiger partial charge in [0.05, 0.1) is 12.2 Å². The molecule has 5 heteroatoms. The summed E-state index contributed by atoms with van der Waals surface area (Å²) in [7, 11) is 0. The molecule has 4 nitrogen and oxygen atoms in total. The van der Waals surface area contributed by atoms with Gasteiger partial charge in [-0.05, 0) is 19.9 Å². The molecular formula is C10H12ClNO3. The maximum atomic E-state index is 11.7. The van der Waals surface area contributed by atoms with Crippen LogP contribution in [0.15, 0.2) is 12.3 Å². The summed E-state index contributed by atoms with van der Waals surface area (Å²) in [6, 6.07) is 1.54. The molecule has 0 aliphatic heterocycles. The maximum Gasteiger partial charge on any atom is 0.316 e. The molecular weight excluding hydrogens is 218 g/mol. The summed E-state index contributed by atoms with van der Waals surface area (Å²) in [5.74, 6) is -1.68. The lowest BCUT2D eigenvalue weighted by molar-refractivity contribution is -0.145. The Hall–Kier alpha value is -1.29. The second-order valence-corrected chi connectivity index (χ2v) is 3.42. The first kappa shape index (κ1) is 11.8. The predicted octanol–water partition coefficient (Wildman–Crippen LogP) is 2.05. The lowest BCUT2D eigenvalue weighted by Gasteiger charge is -2.08. The zero-order valence-electron chi connectivity index (χ0n) is 8.54. The van der Waals surface area contributed by atoms with Crippen molar-refractivity contribution < 1.29 is 14.3 Å². The third kappa shape index (κ3) is 2.59. The molecule has 1 rings (SSSR count). The van der Waals surface area contributed by atoms with Gasteiger partial charge in [0, 0.05) is 6.20 Å². The molecule has 0 bridgehead atoms. The number of halogens is 1. The van der Waals surface area contributed by atoms with Gasteiger partial charge in [-0.25, -0.2) is 0 Å². The molecule has 1 aromatic heterocycles. The second-order valence-electron chi connectivity index (χ2n) is 3.04. The van der Waals surface area contributed by atoms with Crippen molar-refractivity contribution in [3.05, 3.63) is 23.0 Å². The van der Waals surface area contributed by atoms with Crippen LogP contribution in [-0.2, 0) is 9.53 Å². The number of hydrogen-bond acceptors (Lipinski definition) is 3. The van der Waals surface area contributed by atoms with E-state index >= 15 is 0 Å². The first-order valence-electron chi connectivity index (χ1n) is 4.61. The van der Waals surface area contributed by atoms with E-state index in [2.05, 4.69) is 4.98 Å². The van der Waals surface area contributed by atoms with E-state index in [-0.39, 0.29) is 17.5 Å². The molecule has 1 aromatic rings. The predicted molar refractivity (Wildman–Crippen MR) is 55.9 cm³/mol. The van der Waals surface area contributed by atoms with Crippen LogP contribution in [0.2, 0.25) is 5.15 Å². The minimum atomic E-state index is -0.821. The number of aromatic nitrogens is 1. The van der Waals surface area contributed by atoms with Crippen LogP contribution in [0.5, 0.6) is 0 Å². The number of nitrogens with one attached hydrogen (secondary N) is 1. The highest BCUT2D eigenvalue weighted by atomic mass is 35.5.